The normalized spacial score (nSPS) is 9.75. The summed E-state index contributed by atoms with van der Waals surface area (Å²) in [4.78, 5) is 3.65. The van der Waals surface area contributed by atoms with E-state index in [0.717, 1.165) is 0 Å². The first-order valence-corrected chi connectivity index (χ1v) is 2.72. The van der Waals surface area contributed by atoms with Crippen molar-refractivity contribution in [2.24, 2.45) is 0 Å². The van der Waals surface area contributed by atoms with Crippen LogP contribution in [0.25, 0.3) is 0 Å². The summed E-state index contributed by atoms with van der Waals surface area (Å²) in [6.45, 7) is 1.72. The molecule has 5 heteroatoms. The monoisotopic (exact) mass is 133 g/mol. The van der Waals surface area contributed by atoms with E-state index in [9.17, 15) is 3.89 Å². The van der Waals surface area contributed by atoms with Crippen molar-refractivity contribution < 1.29 is 3.89 Å². The molecule has 0 amide bonds. The molecule has 0 saturated carbocycles. The van der Waals surface area contributed by atoms with Gasteiger partial charge in [0.05, 0.1) is 0 Å². The Hall–Kier alpha value is -0.580. The molecule has 0 unspecified atom stereocenters. The van der Waals surface area contributed by atoms with Gasteiger partial charge < -0.3 is 0 Å². The summed E-state index contributed by atoms with van der Waals surface area (Å²) in [7, 11) is 0. The molecule has 44 valence electrons. The van der Waals surface area contributed by atoms with Crippen molar-refractivity contribution in [3.05, 3.63) is 5.82 Å². The predicted octanol–water partition coefficient (Wildman–Crippen LogP) is 1.09. The Morgan fingerprint density at radius 1 is 1.75 bits per heavy atom. The number of aromatic amines is 1. The minimum absolute atomic E-state index is 0.0362. The fourth-order valence-electron chi connectivity index (χ4n) is 0.357. The van der Waals surface area contributed by atoms with E-state index in [4.69, 9.17) is 0 Å². The molecule has 0 atom stereocenters. The quantitative estimate of drug-likeness (QED) is 0.623. The minimum atomic E-state index is 0.0362. The van der Waals surface area contributed by atoms with Crippen LogP contribution < -0.4 is 0 Å². The van der Waals surface area contributed by atoms with Gasteiger partial charge in [0.25, 0.3) is 0 Å². The van der Waals surface area contributed by atoms with E-state index in [-0.39, 0.29) is 17.3 Å². The molecule has 0 spiro atoms. The lowest BCUT2D eigenvalue weighted by atomic mass is 10.8. The molecular weight excluding hydrogens is 129 g/mol. The molecule has 0 radical (unpaired) electrons. The van der Waals surface area contributed by atoms with E-state index in [1.165, 1.54) is 0 Å². The highest BCUT2D eigenvalue weighted by Gasteiger charge is 1.96. The lowest BCUT2D eigenvalue weighted by Gasteiger charge is -1.71. The summed E-state index contributed by atoms with van der Waals surface area (Å²) >= 11 is 0.0362. The van der Waals surface area contributed by atoms with Crippen LogP contribution in [0.1, 0.15) is 5.82 Å². The Labute approximate surface area is 50.0 Å². The molecule has 1 N–H and O–H groups in total. The van der Waals surface area contributed by atoms with Crippen molar-refractivity contribution in [2.45, 2.75) is 12.1 Å². The van der Waals surface area contributed by atoms with E-state index in [0.29, 0.717) is 5.82 Å². The third-order valence-electron chi connectivity index (χ3n) is 0.646. The Morgan fingerprint density at radius 3 is 2.75 bits per heavy atom. The second-order valence-corrected chi connectivity index (χ2v) is 1.80. The van der Waals surface area contributed by atoms with Crippen LogP contribution in [0.2, 0.25) is 0 Å². The number of rotatable bonds is 1. The first kappa shape index (κ1) is 5.55. The Balaban J connectivity index is 2.84. The molecule has 1 aromatic rings. The van der Waals surface area contributed by atoms with Crippen LogP contribution >= 0.6 is 12.1 Å². The smallest absolute Gasteiger partial charge is 0.240 e. The number of hydrogen-bond acceptors (Lipinski definition) is 3. The Morgan fingerprint density at radius 2 is 2.50 bits per heavy atom. The molecule has 8 heavy (non-hydrogen) atoms. The van der Waals surface area contributed by atoms with Crippen molar-refractivity contribution in [1.29, 1.82) is 0 Å². The van der Waals surface area contributed by atoms with Gasteiger partial charge in [-0.1, -0.05) is 0 Å². The summed E-state index contributed by atoms with van der Waals surface area (Å²) in [6, 6.07) is 0. The maximum atomic E-state index is 11.5. The highest BCUT2D eigenvalue weighted by molar-refractivity contribution is 7.94. The van der Waals surface area contributed by atoms with Crippen LogP contribution in [0.15, 0.2) is 5.16 Å². The van der Waals surface area contributed by atoms with Gasteiger partial charge in [0.1, 0.15) is 18.0 Å². The van der Waals surface area contributed by atoms with Gasteiger partial charge in [-0.25, -0.2) is 4.98 Å². The highest BCUT2D eigenvalue weighted by Crippen LogP contribution is 2.10. The van der Waals surface area contributed by atoms with E-state index in [1.807, 2.05) is 0 Å². The molecule has 0 aliphatic carbocycles. The largest absolute Gasteiger partial charge is 0.262 e. The zero-order valence-corrected chi connectivity index (χ0v) is 5.00. The average Bonchev–Trinajstić information content (AvgIpc) is 2.14. The maximum absolute atomic E-state index is 11.5. The van der Waals surface area contributed by atoms with Crippen molar-refractivity contribution in [1.82, 2.24) is 15.2 Å². The highest BCUT2D eigenvalue weighted by atomic mass is 32.2. The number of H-pyrrole nitrogens is 1. The third-order valence-corrected chi connectivity index (χ3v) is 0.966. The van der Waals surface area contributed by atoms with E-state index >= 15 is 0 Å². The first-order chi connectivity index (χ1) is 3.83. The summed E-state index contributed by atoms with van der Waals surface area (Å²) < 4.78 is 11.5. The van der Waals surface area contributed by atoms with Crippen LogP contribution in [0.5, 0.6) is 0 Å². The van der Waals surface area contributed by atoms with Crippen molar-refractivity contribution in [2.75, 3.05) is 0 Å². The lowest BCUT2D eigenvalue weighted by Crippen LogP contribution is -1.69. The fourth-order valence-corrected chi connectivity index (χ4v) is 0.608. The van der Waals surface area contributed by atoms with Gasteiger partial charge in [0, 0.05) is 0 Å². The van der Waals surface area contributed by atoms with E-state index in [1.54, 1.807) is 6.92 Å². The van der Waals surface area contributed by atoms with Gasteiger partial charge in [-0.15, -0.1) is 5.10 Å². The number of nitrogens with zero attached hydrogens (tertiary/aromatic N) is 2. The topological polar surface area (TPSA) is 41.6 Å². The lowest BCUT2D eigenvalue weighted by molar-refractivity contribution is 0.887. The molecule has 1 rings (SSSR count). The molecule has 1 heterocycles. The molecule has 3 nitrogen and oxygen atoms in total. The Kier molecular flexibility index (Phi) is 1.48. The summed E-state index contributed by atoms with van der Waals surface area (Å²) in [6.07, 6.45) is 0. The second kappa shape index (κ2) is 2.13. The Bertz CT molecular complexity index is 175. The van der Waals surface area contributed by atoms with Crippen LogP contribution in [0, 0.1) is 6.92 Å². The first-order valence-electron chi connectivity index (χ1n) is 2.00. The number of hydrogen-bond donors (Lipinski definition) is 1. The molecule has 0 aliphatic heterocycles. The number of halogens is 1. The minimum Gasteiger partial charge on any atom is -0.262 e. The number of aromatic nitrogens is 3. The molecule has 0 aromatic carbocycles. The zero-order chi connectivity index (χ0) is 5.98. The van der Waals surface area contributed by atoms with Crippen LogP contribution in [0.3, 0.4) is 0 Å². The molecule has 0 fully saturated rings. The van der Waals surface area contributed by atoms with Crippen LogP contribution in [0.4, 0.5) is 3.89 Å². The van der Waals surface area contributed by atoms with Crippen molar-refractivity contribution in [3.63, 3.8) is 0 Å². The second-order valence-electron chi connectivity index (χ2n) is 1.28. The van der Waals surface area contributed by atoms with Gasteiger partial charge in [-0.05, 0) is 6.92 Å². The van der Waals surface area contributed by atoms with Gasteiger partial charge in [0.2, 0.25) is 5.16 Å². The SMILES string of the molecule is Cc1nc(SF)n[nH]1. The summed E-state index contributed by atoms with van der Waals surface area (Å²) in [5.74, 6) is 0.630. The zero-order valence-electron chi connectivity index (χ0n) is 4.18. The van der Waals surface area contributed by atoms with Crippen molar-refractivity contribution >= 4 is 12.1 Å². The fraction of sp³-hybridized carbons (Fsp3) is 0.333. The predicted molar refractivity (Wildman–Crippen MR) is 28.1 cm³/mol. The standard InChI is InChI=1S/C3H4FN3S/c1-2-5-3(8-4)7-6-2/h1H3,(H,5,6,7). The van der Waals surface area contributed by atoms with E-state index < -0.39 is 0 Å². The van der Waals surface area contributed by atoms with Crippen LogP contribution in [-0.2, 0) is 0 Å². The summed E-state index contributed by atoms with van der Waals surface area (Å²) in [5.41, 5.74) is 0. The number of nitrogens with one attached hydrogen (secondary N) is 1. The average molecular weight is 133 g/mol. The van der Waals surface area contributed by atoms with E-state index in [2.05, 4.69) is 15.2 Å². The molecule has 0 saturated heterocycles. The van der Waals surface area contributed by atoms with Crippen LogP contribution in [-0.4, -0.2) is 15.2 Å². The van der Waals surface area contributed by atoms with Crippen molar-refractivity contribution in [3.8, 4) is 0 Å². The molecule has 0 aliphatic rings. The van der Waals surface area contributed by atoms with Gasteiger partial charge in [-0.2, -0.15) is 3.89 Å². The molecule has 0 bridgehead atoms. The van der Waals surface area contributed by atoms with Gasteiger partial charge in [0.15, 0.2) is 0 Å². The third kappa shape index (κ3) is 0.975. The van der Waals surface area contributed by atoms with Gasteiger partial charge in [-0.3, -0.25) is 5.10 Å². The molecular formula is C3H4FN3S. The molecule has 1 aromatic heterocycles. The summed E-state index contributed by atoms with van der Waals surface area (Å²) in [5, 5.41) is 6.12. The maximum Gasteiger partial charge on any atom is 0.240 e. The van der Waals surface area contributed by atoms with Gasteiger partial charge >= 0.3 is 0 Å². The number of aryl methyl sites for hydroxylation is 1.